The van der Waals surface area contributed by atoms with Gasteiger partial charge >= 0.3 is 6.03 Å². The maximum atomic E-state index is 14.7. The van der Waals surface area contributed by atoms with Crippen molar-refractivity contribution in [1.29, 1.82) is 0 Å². The Morgan fingerprint density at radius 3 is 2.17 bits per heavy atom. The van der Waals surface area contributed by atoms with Gasteiger partial charge < -0.3 is 4.90 Å². The Hall–Kier alpha value is -4.40. The van der Waals surface area contributed by atoms with E-state index in [0.717, 1.165) is 30.2 Å². The van der Waals surface area contributed by atoms with E-state index in [2.05, 4.69) is 0 Å². The Kier molecular flexibility index (Phi) is 6.22. The molecule has 5 amide bonds. The van der Waals surface area contributed by atoms with Crippen LogP contribution in [0.1, 0.15) is 49.3 Å². The lowest BCUT2D eigenvalue weighted by atomic mass is 9.75. The summed E-state index contributed by atoms with van der Waals surface area (Å²) in [6.45, 7) is 0. The predicted molar refractivity (Wildman–Crippen MR) is 149 cm³/mol. The molecule has 4 aliphatic rings. The summed E-state index contributed by atoms with van der Waals surface area (Å²) in [6.07, 6.45) is 4.18. The van der Waals surface area contributed by atoms with Crippen LogP contribution in [-0.4, -0.2) is 45.1 Å². The van der Waals surface area contributed by atoms with Gasteiger partial charge in [0.15, 0.2) is 0 Å². The van der Waals surface area contributed by atoms with E-state index in [4.69, 9.17) is 0 Å². The maximum Gasteiger partial charge on any atom is 0.332 e. The molecule has 214 valence electrons. The molecule has 0 bridgehead atoms. The SMILES string of the molecule is O=C1C2C(c3ccc(F)cc3)N3C(=O)N(c4cccc(F)c4)C(=O)[C@@]3(Cc3ccccc3)C2C(=O)N1C1CCCCC1. The van der Waals surface area contributed by atoms with Gasteiger partial charge in [-0.3, -0.25) is 19.3 Å². The molecular weight excluding hydrogens is 540 g/mol. The van der Waals surface area contributed by atoms with Crippen molar-refractivity contribution >= 4 is 29.4 Å². The standard InChI is InChI=1S/C33H29F2N3O4/c34-22-16-14-21(15-17-22)28-26-27(30(40)36(29(26)39)24-11-5-2-6-12-24)33(19-20-8-3-1-4-9-20)31(41)37(32(42)38(28)33)25-13-7-10-23(35)18-25/h1,3-4,7-10,13-18,24,26-28H,2,5-6,11-12,19H2/t26?,27?,28?,33-/m1/s1. The second-order valence-electron chi connectivity index (χ2n) is 11.7. The fourth-order valence-corrected chi connectivity index (χ4v) is 7.74. The van der Waals surface area contributed by atoms with Crippen LogP contribution in [0.2, 0.25) is 0 Å². The molecule has 0 spiro atoms. The summed E-state index contributed by atoms with van der Waals surface area (Å²) >= 11 is 0. The van der Waals surface area contributed by atoms with E-state index in [1.165, 1.54) is 52.3 Å². The summed E-state index contributed by atoms with van der Waals surface area (Å²) in [5, 5.41) is 0. The Bertz CT molecular complexity index is 1590. The Morgan fingerprint density at radius 1 is 0.762 bits per heavy atom. The Morgan fingerprint density at radius 2 is 1.48 bits per heavy atom. The first-order valence-corrected chi connectivity index (χ1v) is 14.4. The van der Waals surface area contributed by atoms with Crippen molar-refractivity contribution in [1.82, 2.24) is 9.80 Å². The van der Waals surface area contributed by atoms with Crippen LogP contribution in [-0.2, 0) is 20.8 Å². The van der Waals surface area contributed by atoms with Gasteiger partial charge in [-0.25, -0.2) is 18.5 Å². The highest BCUT2D eigenvalue weighted by molar-refractivity contribution is 6.27. The molecule has 9 heteroatoms. The molecule has 3 saturated heterocycles. The largest absolute Gasteiger partial charge is 0.332 e. The molecule has 4 fully saturated rings. The highest BCUT2D eigenvalue weighted by atomic mass is 19.1. The fraction of sp³-hybridized carbons (Fsp3) is 0.333. The van der Waals surface area contributed by atoms with Crippen LogP contribution in [0, 0.1) is 23.5 Å². The van der Waals surface area contributed by atoms with Crippen LogP contribution in [0.3, 0.4) is 0 Å². The van der Waals surface area contributed by atoms with Crippen molar-refractivity contribution in [2.45, 2.75) is 56.1 Å². The molecule has 3 aliphatic heterocycles. The number of nitrogens with zero attached hydrogens (tertiary/aromatic N) is 3. The van der Waals surface area contributed by atoms with Gasteiger partial charge in [0.25, 0.3) is 5.91 Å². The van der Waals surface area contributed by atoms with E-state index >= 15 is 0 Å². The van der Waals surface area contributed by atoms with Crippen LogP contribution < -0.4 is 4.90 Å². The van der Waals surface area contributed by atoms with E-state index in [-0.39, 0.29) is 18.2 Å². The van der Waals surface area contributed by atoms with Crippen molar-refractivity contribution in [2.24, 2.45) is 11.8 Å². The summed E-state index contributed by atoms with van der Waals surface area (Å²) in [6, 6.07) is 17.7. The molecule has 3 heterocycles. The average molecular weight is 570 g/mol. The molecule has 1 aliphatic carbocycles. The Labute approximate surface area is 241 Å². The molecular formula is C33H29F2N3O4. The van der Waals surface area contributed by atoms with E-state index in [9.17, 15) is 28.0 Å². The van der Waals surface area contributed by atoms with Crippen LogP contribution in [0.25, 0.3) is 0 Å². The topological polar surface area (TPSA) is 78.0 Å². The van der Waals surface area contributed by atoms with Crippen LogP contribution >= 0.6 is 0 Å². The lowest BCUT2D eigenvalue weighted by Gasteiger charge is -2.37. The van der Waals surface area contributed by atoms with Crippen LogP contribution in [0.15, 0.2) is 78.9 Å². The maximum absolute atomic E-state index is 14.7. The number of fused-ring (bicyclic) bond motifs is 3. The number of urea groups is 1. The smallest absolute Gasteiger partial charge is 0.300 e. The van der Waals surface area contributed by atoms with Gasteiger partial charge in [-0.05, 0) is 54.3 Å². The number of hydrogen-bond acceptors (Lipinski definition) is 4. The number of anilines is 1. The number of halogens is 2. The van der Waals surface area contributed by atoms with Gasteiger partial charge in [0.2, 0.25) is 11.8 Å². The van der Waals surface area contributed by atoms with Crippen molar-refractivity contribution in [3.63, 3.8) is 0 Å². The second kappa shape index (κ2) is 9.86. The third-order valence-electron chi connectivity index (χ3n) is 9.45. The summed E-state index contributed by atoms with van der Waals surface area (Å²) in [5.41, 5.74) is -0.540. The minimum Gasteiger partial charge on any atom is -0.300 e. The molecule has 42 heavy (non-hydrogen) atoms. The number of hydrogen-bond donors (Lipinski definition) is 0. The van der Waals surface area contributed by atoms with Crippen molar-refractivity contribution < 1.29 is 28.0 Å². The third kappa shape index (κ3) is 3.75. The first kappa shape index (κ1) is 26.5. The number of carbonyl (C=O) groups is 4. The molecule has 3 unspecified atom stereocenters. The van der Waals surface area contributed by atoms with Gasteiger partial charge in [0.1, 0.15) is 17.2 Å². The molecule has 7 rings (SSSR count). The minimum atomic E-state index is -1.75. The third-order valence-corrected chi connectivity index (χ3v) is 9.45. The number of carbonyl (C=O) groups excluding carboxylic acids is 4. The predicted octanol–water partition coefficient (Wildman–Crippen LogP) is 5.40. The normalized spacial score (nSPS) is 27.7. The molecule has 0 N–H and O–H groups in total. The summed E-state index contributed by atoms with van der Waals surface area (Å²) < 4.78 is 28.4. The van der Waals surface area contributed by atoms with E-state index < -0.39 is 58.8 Å². The zero-order chi connectivity index (χ0) is 29.2. The van der Waals surface area contributed by atoms with Crippen molar-refractivity contribution in [2.75, 3.05) is 4.90 Å². The lowest BCUT2D eigenvalue weighted by molar-refractivity contribution is -0.147. The van der Waals surface area contributed by atoms with Gasteiger partial charge in [-0.15, -0.1) is 0 Å². The molecule has 3 aromatic rings. The highest BCUT2D eigenvalue weighted by Gasteiger charge is 2.77. The van der Waals surface area contributed by atoms with E-state index in [1.807, 2.05) is 30.3 Å². The molecule has 0 aromatic heterocycles. The quantitative estimate of drug-likeness (QED) is 0.304. The van der Waals surface area contributed by atoms with Crippen molar-refractivity contribution in [3.05, 3.63) is 102 Å². The molecule has 0 radical (unpaired) electrons. The lowest BCUT2D eigenvalue weighted by Crippen LogP contribution is -2.56. The Balaban J connectivity index is 1.45. The van der Waals surface area contributed by atoms with Gasteiger partial charge in [-0.2, -0.15) is 0 Å². The summed E-state index contributed by atoms with van der Waals surface area (Å²) in [5.74, 6) is -4.82. The molecule has 3 aromatic carbocycles. The molecule has 1 saturated carbocycles. The fourth-order valence-electron chi connectivity index (χ4n) is 7.74. The monoisotopic (exact) mass is 569 g/mol. The van der Waals surface area contributed by atoms with E-state index in [1.54, 1.807) is 0 Å². The van der Waals surface area contributed by atoms with Gasteiger partial charge in [0.05, 0.1) is 23.6 Å². The molecule has 4 atom stereocenters. The number of benzene rings is 3. The average Bonchev–Trinajstić information content (AvgIpc) is 3.52. The first-order valence-electron chi connectivity index (χ1n) is 14.4. The van der Waals surface area contributed by atoms with Gasteiger partial charge in [0, 0.05) is 12.5 Å². The van der Waals surface area contributed by atoms with Crippen LogP contribution in [0.4, 0.5) is 19.3 Å². The zero-order valence-corrected chi connectivity index (χ0v) is 22.8. The van der Waals surface area contributed by atoms with E-state index in [0.29, 0.717) is 24.0 Å². The number of rotatable bonds is 5. The summed E-state index contributed by atoms with van der Waals surface area (Å²) in [4.78, 5) is 61.6. The summed E-state index contributed by atoms with van der Waals surface area (Å²) in [7, 11) is 0. The minimum absolute atomic E-state index is 0.0133. The highest BCUT2D eigenvalue weighted by Crippen LogP contribution is 2.60. The number of amides is 5. The molecule has 7 nitrogen and oxygen atoms in total. The number of imide groups is 2. The van der Waals surface area contributed by atoms with Crippen LogP contribution in [0.5, 0.6) is 0 Å². The second-order valence-corrected chi connectivity index (χ2v) is 11.7. The first-order chi connectivity index (χ1) is 20.3. The van der Waals surface area contributed by atoms with Crippen molar-refractivity contribution in [3.8, 4) is 0 Å². The van der Waals surface area contributed by atoms with Gasteiger partial charge in [-0.1, -0.05) is 67.8 Å². The number of likely N-dealkylation sites (tertiary alicyclic amines) is 1. The zero-order valence-electron chi connectivity index (χ0n) is 22.8.